The summed E-state index contributed by atoms with van der Waals surface area (Å²) in [6, 6.07) is 0. The Balaban J connectivity index is 0. The van der Waals surface area contributed by atoms with E-state index in [1.54, 1.807) is 13.1 Å². The van der Waals surface area contributed by atoms with E-state index in [9.17, 15) is 4.79 Å². The molecule has 0 saturated heterocycles. The van der Waals surface area contributed by atoms with Gasteiger partial charge < -0.3 is 20.7 Å². The predicted molar refractivity (Wildman–Crippen MR) is 108 cm³/mol. The second kappa shape index (κ2) is 11.5. The van der Waals surface area contributed by atoms with Crippen molar-refractivity contribution < 1.29 is 9.53 Å². The molecule has 0 fully saturated rings. The first-order valence-corrected chi connectivity index (χ1v) is 7.78. The first-order valence-electron chi connectivity index (χ1n) is 7.78. The van der Waals surface area contributed by atoms with Gasteiger partial charge >= 0.3 is 6.09 Å². The summed E-state index contributed by atoms with van der Waals surface area (Å²) in [5.74, 6) is 0.678. The molecule has 0 rings (SSSR count). The average molecular weight is 440 g/mol. The molecule has 0 aromatic carbocycles. The van der Waals surface area contributed by atoms with E-state index < -0.39 is 11.7 Å². The van der Waals surface area contributed by atoms with E-state index in [4.69, 9.17) is 4.74 Å². The normalized spacial score (nSPS) is 12.0. The zero-order valence-corrected chi connectivity index (χ0v) is 17.6. The number of hydrogen-bond acceptors (Lipinski definition) is 3. The molecule has 0 atom stereocenters. The third-order valence-corrected chi connectivity index (χ3v) is 3.35. The second-order valence-electron chi connectivity index (χ2n) is 6.21. The van der Waals surface area contributed by atoms with Gasteiger partial charge in [-0.05, 0) is 33.6 Å². The maximum absolute atomic E-state index is 12.1. The molecule has 23 heavy (non-hydrogen) atoms. The van der Waals surface area contributed by atoms with E-state index >= 15 is 0 Å². The number of amides is 1. The van der Waals surface area contributed by atoms with Gasteiger partial charge in [0.1, 0.15) is 5.60 Å². The molecule has 0 unspecified atom stereocenters. The molecule has 7 heteroatoms. The lowest BCUT2D eigenvalue weighted by Crippen LogP contribution is -2.57. The van der Waals surface area contributed by atoms with Crippen LogP contribution in [0.25, 0.3) is 0 Å². The first kappa shape index (κ1) is 24.3. The number of halogens is 1. The molecule has 136 valence electrons. The lowest BCUT2D eigenvalue weighted by molar-refractivity contribution is 0.0448. The van der Waals surface area contributed by atoms with E-state index in [1.807, 2.05) is 34.6 Å². The van der Waals surface area contributed by atoms with E-state index in [-0.39, 0.29) is 29.5 Å². The monoisotopic (exact) mass is 440 g/mol. The van der Waals surface area contributed by atoms with E-state index in [1.165, 1.54) is 0 Å². The number of carbonyl (C=O) groups is 1. The highest BCUT2D eigenvalue weighted by molar-refractivity contribution is 14.0. The molecular formula is C16H33IN4O2. The quantitative estimate of drug-likeness (QED) is 0.246. The Morgan fingerprint density at radius 2 is 1.78 bits per heavy atom. The van der Waals surface area contributed by atoms with Crippen LogP contribution in [0.1, 0.15) is 47.5 Å². The zero-order valence-electron chi connectivity index (χ0n) is 15.3. The fourth-order valence-corrected chi connectivity index (χ4v) is 1.88. The van der Waals surface area contributed by atoms with Crippen molar-refractivity contribution >= 4 is 36.0 Å². The molecule has 1 amide bonds. The summed E-state index contributed by atoms with van der Waals surface area (Å²) in [4.78, 5) is 16.2. The minimum absolute atomic E-state index is 0. The molecule has 0 saturated carbocycles. The van der Waals surface area contributed by atoms with Crippen molar-refractivity contribution in [2.24, 2.45) is 4.99 Å². The van der Waals surface area contributed by atoms with E-state index in [0.29, 0.717) is 19.0 Å². The summed E-state index contributed by atoms with van der Waals surface area (Å²) >= 11 is 0. The maximum Gasteiger partial charge on any atom is 0.408 e. The Kier molecular flexibility index (Phi) is 12.2. The van der Waals surface area contributed by atoms with Gasteiger partial charge in [0.05, 0.1) is 5.54 Å². The Labute approximate surface area is 157 Å². The molecular weight excluding hydrogens is 407 g/mol. The van der Waals surface area contributed by atoms with Crippen molar-refractivity contribution in [3.05, 3.63) is 12.7 Å². The van der Waals surface area contributed by atoms with Crippen LogP contribution in [-0.4, -0.2) is 43.3 Å². The molecule has 0 bridgehead atoms. The van der Waals surface area contributed by atoms with Crippen molar-refractivity contribution in [3.8, 4) is 0 Å². The van der Waals surface area contributed by atoms with Crippen LogP contribution >= 0.6 is 24.0 Å². The molecule has 0 radical (unpaired) electrons. The molecule has 0 aromatic heterocycles. The van der Waals surface area contributed by atoms with Gasteiger partial charge in [-0.2, -0.15) is 0 Å². The fourth-order valence-electron chi connectivity index (χ4n) is 1.88. The lowest BCUT2D eigenvalue weighted by Gasteiger charge is -2.34. The fraction of sp³-hybridized carbons (Fsp3) is 0.750. The largest absolute Gasteiger partial charge is 0.444 e. The smallest absolute Gasteiger partial charge is 0.408 e. The van der Waals surface area contributed by atoms with Gasteiger partial charge in [0, 0.05) is 20.1 Å². The summed E-state index contributed by atoms with van der Waals surface area (Å²) in [6.07, 6.45) is 2.94. The highest BCUT2D eigenvalue weighted by Crippen LogP contribution is 2.16. The number of nitrogens with one attached hydrogen (secondary N) is 3. The topological polar surface area (TPSA) is 74.8 Å². The summed E-state index contributed by atoms with van der Waals surface area (Å²) in [5, 5.41) is 9.34. The van der Waals surface area contributed by atoms with Crippen LogP contribution in [0.5, 0.6) is 0 Å². The highest BCUT2D eigenvalue weighted by atomic mass is 127. The van der Waals surface area contributed by atoms with Crippen molar-refractivity contribution in [2.45, 2.75) is 58.6 Å². The minimum Gasteiger partial charge on any atom is -0.444 e. The predicted octanol–water partition coefficient (Wildman–Crippen LogP) is 3.04. The number of aliphatic imine (C=N–C) groups is 1. The zero-order chi connectivity index (χ0) is 17.2. The van der Waals surface area contributed by atoms with Gasteiger partial charge in [-0.15, -0.1) is 30.6 Å². The third kappa shape index (κ3) is 10.4. The number of guanidine groups is 1. The average Bonchev–Trinajstić information content (AvgIpc) is 2.44. The van der Waals surface area contributed by atoms with Crippen molar-refractivity contribution in [1.82, 2.24) is 16.0 Å². The SMILES string of the molecule is C=CCNC(=NC)NCC(CC)(CC)NC(=O)OC(C)(C)C.I. The summed E-state index contributed by atoms with van der Waals surface area (Å²) < 4.78 is 5.36. The number of carbonyl (C=O) groups excluding carboxylic acids is 1. The Morgan fingerprint density at radius 3 is 2.17 bits per heavy atom. The van der Waals surface area contributed by atoms with Gasteiger partial charge in [0.15, 0.2) is 5.96 Å². The van der Waals surface area contributed by atoms with Crippen LogP contribution < -0.4 is 16.0 Å². The van der Waals surface area contributed by atoms with Crippen LogP contribution in [0, 0.1) is 0 Å². The van der Waals surface area contributed by atoms with E-state index in [2.05, 4.69) is 27.5 Å². The molecule has 0 heterocycles. The molecule has 0 aliphatic rings. The standard InChI is InChI=1S/C16H32N4O2.HI/c1-8-11-18-13(17-7)19-12-16(9-2,10-3)20-14(21)22-15(4,5)6;/h8H,1,9-12H2,2-7H3,(H,20,21)(H2,17,18,19);1H. The molecule has 0 aromatic rings. The number of nitrogens with zero attached hydrogens (tertiary/aromatic N) is 1. The number of alkyl carbamates (subject to hydrolysis) is 1. The van der Waals surface area contributed by atoms with Gasteiger partial charge in [-0.1, -0.05) is 19.9 Å². The Hall–Kier alpha value is -0.990. The Morgan fingerprint density at radius 1 is 1.22 bits per heavy atom. The summed E-state index contributed by atoms with van der Waals surface area (Å²) in [6.45, 7) is 14.5. The van der Waals surface area contributed by atoms with Crippen molar-refractivity contribution in [3.63, 3.8) is 0 Å². The number of ether oxygens (including phenoxy) is 1. The summed E-state index contributed by atoms with van der Waals surface area (Å²) in [5.41, 5.74) is -0.888. The number of hydrogen-bond donors (Lipinski definition) is 3. The third-order valence-electron chi connectivity index (χ3n) is 3.35. The van der Waals surface area contributed by atoms with Crippen molar-refractivity contribution in [2.75, 3.05) is 20.1 Å². The molecule has 0 aliphatic carbocycles. The second-order valence-corrected chi connectivity index (χ2v) is 6.21. The number of rotatable bonds is 7. The molecule has 6 nitrogen and oxygen atoms in total. The van der Waals surface area contributed by atoms with Gasteiger partial charge in [0.2, 0.25) is 0 Å². The molecule has 0 aliphatic heterocycles. The molecule has 3 N–H and O–H groups in total. The first-order chi connectivity index (χ1) is 10.2. The maximum atomic E-state index is 12.1. The van der Waals surface area contributed by atoms with E-state index in [0.717, 1.165) is 12.8 Å². The summed E-state index contributed by atoms with van der Waals surface area (Å²) in [7, 11) is 1.71. The van der Waals surface area contributed by atoms with Crippen LogP contribution in [0.3, 0.4) is 0 Å². The van der Waals surface area contributed by atoms with Crippen LogP contribution in [0.2, 0.25) is 0 Å². The van der Waals surface area contributed by atoms with Crippen LogP contribution in [0.4, 0.5) is 4.79 Å². The van der Waals surface area contributed by atoms with Gasteiger partial charge in [-0.25, -0.2) is 4.79 Å². The Bertz CT molecular complexity index is 388. The van der Waals surface area contributed by atoms with Crippen LogP contribution in [-0.2, 0) is 4.74 Å². The minimum atomic E-state index is -0.508. The molecule has 0 spiro atoms. The lowest BCUT2D eigenvalue weighted by atomic mass is 9.93. The van der Waals surface area contributed by atoms with Gasteiger partial charge in [-0.3, -0.25) is 4.99 Å². The van der Waals surface area contributed by atoms with Gasteiger partial charge in [0.25, 0.3) is 0 Å². The van der Waals surface area contributed by atoms with Crippen LogP contribution in [0.15, 0.2) is 17.6 Å². The highest BCUT2D eigenvalue weighted by Gasteiger charge is 2.30. The van der Waals surface area contributed by atoms with Crippen molar-refractivity contribution in [1.29, 1.82) is 0 Å².